The molecule has 0 aliphatic carbocycles. The number of piperazine rings is 1. The average molecular weight is 706 g/mol. The van der Waals surface area contributed by atoms with Crippen LogP contribution in [0.1, 0.15) is 31.2 Å². The molecule has 0 radical (unpaired) electrons. The minimum atomic E-state index is -4.58. The largest absolute Gasteiger partial charge is 0.494 e. The highest BCUT2D eigenvalue weighted by Crippen LogP contribution is 2.40. The quantitative estimate of drug-likeness (QED) is 0.288. The second-order valence-electron chi connectivity index (χ2n) is 13.1. The molecule has 0 saturated carbocycles. The Labute approximate surface area is 288 Å². The van der Waals surface area contributed by atoms with E-state index < -0.39 is 36.5 Å². The molecule has 3 fully saturated rings. The van der Waals surface area contributed by atoms with Crippen molar-refractivity contribution >= 4 is 40.8 Å². The predicted octanol–water partition coefficient (Wildman–Crippen LogP) is 4.35. The van der Waals surface area contributed by atoms with E-state index in [4.69, 9.17) is 9.47 Å². The van der Waals surface area contributed by atoms with Gasteiger partial charge in [-0.25, -0.2) is 14.2 Å². The van der Waals surface area contributed by atoms with Crippen molar-refractivity contribution in [2.45, 2.75) is 50.5 Å². The standard InChI is InChI=1S/C33H43F4N9O4/c1-21(34)30(47)39-25-16-26(28(49-3)17-27(25)44-8-4-23(5-9-44)43-12-10-42(2)11-13-43)40-31-38-18-22-19-45(20-33(35,36)37)32(48)46(29(22)41-31)24-6-14-50-15-7-24/h16-18,23-24H,1,4-15,19-20H2,2-3H3,(H,39,47)(H,38,40,41). The Hall–Kier alpha value is -4.22. The summed E-state index contributed by atoms with van der Waals surface area (Å²) in [6.07, 6.45) is -0.483. The Morgan fingerprint density at radius 1 is 1.04 bits per heavy atom. The number of carbonyl (C=O) groups excluding carboxylic acids is 2. The lowest BCUT2D eigenvalue weighted by Gasteiger charge is -2.43. The number of halogens is 4. The van der Waals surface area contributed by atoms with Gasteiger partial charge in [0.2, 0.25) is 5.95 Å². The molecular formula is C33H43F4N9O4. The van der Waals surface area contributed by atoms with Crippen molar-refractivity contribution in [3.8, 4) is 5.75 Å². The Kier molecular flexibility index (Phi) is 10.6. The first-order valence-corrected chi connectivity index (χ1v) is 16.8. The van der Waals surface area contributed by atoms with Crippen LogP contribution < -0.4 is 25.2 Å². The molecule has 13 nitrogen and oxygen atoms in total. The van der Waals surface area contributed by atoms with Crippen LogP contribution in [0.3, 0.4) is 0 Å². The highest BCUT2D eigenvalue weighted by molar-refractivity contribution is 6.04. The minimum absolute atomic E-state index is 0.0455. The minimum Gasteiger partial charge on any atom is -0.494 e. The van der Waals surface area contributed by atoms with E-state index in [9.17, 15) is 27.2 Å². The number of nitrogens with one attached hydrogen (secondary N) is 2. The predicted molar refractivity (Wildman–Crippen MR) is 180 cm³/mol. The number of methoxy groups -OCH3 is 1. The van der Waals surface area contributed by atoms with Crippen LogP contribution in [-0.4, -0.2) is 128 Å². The number of fused-ring (bicyclic) bond motifs is 1. The first kappa shape index (κ1) is 35.6. The lowest BCUT2D eigenvalue weighted by Crippen LogP contribution is -2.55. The third kappa shape index (κ3) is 8.05. The maximum Gasteiger partial charge on any atom is 0.406 e. The first-order chi connectivity index (χ1) is 23.9. The van der Waals surface area contributed by atoms with E-state index in [1.54, 1.807) is 12.1 Å². The maximum atomic E-state index is 13.9. The Bertz CT molecular complexity index is 1570. The van der Waals surface area contributed by atoms with Gasteiger partial charge in [-0.05, 0) is 38.8 Å². The van der Waals surface area contributed by atoms with Gasteiger partial charge in [-0.1, -0.05) is 6.58 Å². The number of urea groups is 1. The van der Waals surface area contributed by atoms with Crippen molar-refractivity contribution in [1.82, 2.24) is 24.7 Å². The highest BCUT2D eigenvalue weighted by Gasteiger charge is 2.42. The number of amides is 3. The summed E-state index contributed by atoms with van der Waals surface area (Å²) in [7, 11) is 3.61. The van der Waals surface area contributed by atoms with Gasteiger partial charge in [0, 0.05) is 82.4 Å². The van der Waals surface area contributed by atoms with Gasteiger partial charge in [0.15, 0.2) is 5.83 Å². The number of benzene rings is 1. The zero-order chi connectivity index (χ0) is 35.6. The van der Waals surface area contributed by atoms with Gasteiger partial charge < -0.3 is 34.8 Å². The Morgan fingerprint density at radius 2 is 1.74 bits per heavy atom. The monoisotopic (exact) mass is 705 g/mol. The molecule has 272 valence electrons. The average Bonchev–Trinajstić information content (AvgIpc) is 3.09. The zero-order valence-electron chi connectivity index (χ0n) is 28.3. The van der Waals surface area contributed by atoms with Gasteiger partial charge in [0.05, 0.1) is 30.7 Å². The summed E-state index contributed by atoms with van der Waals surface area (Å²) in [5, 5.41) is 5.71. The molecule has 3 amide bonds. The Morgan fingerprint density at radius 3 is 2.38 bits per heavy atom. The van der Waals surface area contributed by atoms with Crippen molar-refractivity contribution < 1.29 is 36.6 Å². The van der Waals surface area contributed by atoms with Gasteiger partial charge in [-0.15, -0.1) is 0 Å². The van der Waals surface area contributed by atoms with Gasteiger partial charge in [-0.3, -0.25) is 14.6 Å². The van der Waals surface area contributed by atoms with Crippen molar-refractivity contribution in [2.75, 3.05) is 93.6 Å². The lowest BCUT2D eigenvalue weighted by atomic mass is 10.0. The second-order valence-corrected chi connectivity index (χ2v) is 13.1. The first-order valence-electron chi connectivity index (χ1n) is 16.8. The Balaban J connectivity index is 1.28. The van der Waals surface area contributed by atoms with Gasteiger partial charge in [0.1, 0.15) is 18.1 Å². The van der Waals surface area contributed by atoms with E-state index in [1.165, 1.54) is 18.2 Å². The molecule has 2 aromatic rings. The van der Waals surface area contributed by atoms with Crippen molar-refractivity contribution in [2.24, 2.45) is 0 Å². The SMILES string of the molecule is C=C(F)C(=O)Nc1cc(Nc2ncc3c(n2)N(C2CCOCC2)C(=O)N(CC(F)(F)F)C3)c(OC)cc1N1CCC(N2CCN(C)CC2)CC1. The fourth-order valence-electron chi connectivity index (χ4n) is 7.07. The molecular weight excluding hydrogens is 662 g/mol. The van der Waals surface area contributed by atoms with E-state index in [0.717, 1.165) is 43.9 Å². The van der Waals surface area contributed by atoms with Gasteiger partial charge in [-0.2, -0.15) is 18.2 Å². The molecule has 0 atom stereocenters. The molecule has 1 aromatic carbocycles. The van der Waals surface area contributed by atoms with Crippen molar-refractivity contribution in [1.29, 1.82) is 0 Å². The third-order valence-electron chi connectivity index (χ3n) is 9.75. The van der Waals surface area contributed by atoms with Crippen molar-refractivity contribution in [3.05, 3.63) is 36.3 Å². The molecule has 0 unspecified atom stereocenters. The normalized spacial score (nSPS) is 20.1. The number of alkyl halides is 3. The van der Waals surface area contributed by atoms with E-state index >= 15 is 0 Å². The third-order valence-corrected chi connectivity index (χ3v) is 9.75. The molecule has 4 aliphatic rings. The number of rotatable bonds is 9. The van der Waals surface area contributed by atoms with Crippen LogP contribution in [-0.2, 0) is 16.1 Å². The topological polar surface area (TPSA) is 119 Å². The summed E-state index contributed by atoms with van der Waals surface area (Å²) >= 11 is 0. The van der Waals surface area contributed by atoms with E-state index in [-0.39, 0.29) is 18.3 Å². The fourth-order valence-corrected chi connectivity index (χ4v) is 7.07. The summed E-state index contributed by atoms with van der Waals surface area (Å²) in [5.41, 5.74) is 1.66. The molecule has 3 saturated heterocycles. The number of nitrogens with zero attached hydrogens (tertiary/aromatic N) is 7. The number of carbonyl (C=O) groups is 2. The summed E-state index contributed by atoms with van der Waals surface area (Å²) in [4.78, 5) is 44.0. The maximum absolute atomic E-state index is 13.9. The molecule has 0 spiro atoms. The molecule has 4 aliphatic heterocycles. The number of piperidine rings is 1. The number of anilines is 5. The molecule has 5 heterocycles. The van der Waals surface area contributed by atoms with E-state index in [1.807, 2.05) is 0 Å². The van der Waals surface area contributed by atoms with Crippen LogP contribution in [0.25, 0.3) is 0 Å². The van der Waals surface area contributed by atoms with Crippen LogP contribution in [0.4, 0.5) is 51.2 Å². The van der Waals surface area contributed by atoms with Crippen LogP contribution in [0.2, 0.25) is 0 Å². The number of hydrogen-bond donors (Lipinski definition) is 2. The van der Waals surface area contributed by atoms with E-state index in [0.29, 0.717) is 73.6 Å². The molecule has 6 rings (SSSR count). The lowest BCUT2D eigenvalue weighted by molar-refractivity contribution is -0.141. The summed E-state index contributed by atoms with van der Waals surface area (Å²) in [6, 6.07) is 2.58. The van der Waals surface area contributed by atoms with Crippen LogP contribution in [0.5, 0.6) is 5.75 Å². The second kappa shape index (κ2) is 14.9. The number of ether oxygens (including phenoxy) is 2. The molecule has 50 heavy (non-hydrogen) atoms. The van der Waals surface area contributed by atoms with E-state index in [2.05, 4.69) is 48.9 Å². The van der Waals surface area contributed by atoms with Crippen LogP contribution in [0, 0.1) is 0 Å². The van der Waals surface area contributed by atoms with Gasteiger partial charge >= 0.3 is 12.2 Å². The zero-order valence-corrected chi connectivity index (χ0v) is 28.3. The smallest absolute Gasteiger partial charge is 0.406 e. The summed E-state index contributed by atoms with van der Waals surface area (Å²) in [5.74, 6) is -1.50. The molecule has 0 bridgehead atoms. The van der Waals surface area contributed by atoms with Crippen molar-refractivity contribution in [3.63, 3.8) is 0 Å². The van der Waals surface area contributed by atoms with Crippen LogP contribution in [0.15, 0.2) is 30.7 Å². The summed E-state index contributed by atoms with van der Waals surface area (Å²) in [6.45, 7) is 7.67. The molecule has 1 aromatic heterocycles. The van der Waals surface area contributed by atoms with Gasteiger partial charge in [0.25, 0.3) is 5.91 Å². The van der Waals surface area contributed by atoms with Crippen LogP contribution >= 0.6 is 0 Å². The highest BCUT2D eigenvalue weighted by atomic mass is 19.4. The molecule has 17 heteroatoms. The molecule has 2 N–H and O–H groups in total. The number of aromatic nitrogens is 2. The number of likely N-dealkylation sites (N-methyl/N-ethyl adjacent to an activating group) is 1. The number of hydrogen-bond acceptors (Lipinski definition) is 10. The fraction of sp³-hybridized carbons (Fsp3) is 0.576. The summed E-state index contributed by atoms with van der Waals surface area (Å²) < 4.78 is 65.3.